The topological polar surface area (TPSA) is 138 Å². The lowest BCUT2D eigenvalue weighted by atomic mass is 9.97. The summed E-state index contributed by atoms with van der Waals surface area (Å²) in [5, 5.41) is 16.6. The summed E-state index contributed by atoms with van der Waals surface area (Å²) in [6.07, 6.45) is 7.65. The monoisotopic (exact) mass is 634 g/mol. The van der Waals surface area contributed by atoms with E-state index in [4.69, 9.17) is 30.9 Å². The first-order chi connectivity index (χ1) is 20.6. The van der Waals surface area contributed by atoms with Crippen molar-refractivity contribution in [3.05, 3.63) is 11.2 Å². The lowest BCUT2D eigenvalue weighted by molar-refractivity contribution is -0.166. The molecule has 2 aliphatic heterocycles. The Morgan fingerprint density at radius 2 is 1.66 bits per heavy atom. The summed E-state index contributed by atoms with van der Waals surface area (Å²) < 4.78 is 19.0. The van der Waals surface area contributed by atoms with Crippen molar-refractivity contribution >= 4 is 46.6 Å². The number of esters is 1. The quantitative estimate of drug-likeness (QED) is 0.162. The van der Waals surface area contributed by atoms with E-state index in [9.17, 15) is 14.4 Å². The van der Waals surface area contributed by atoms with E-state index in [0.29, 0.717) is 31.2 Å². The zero-order chi connectivity index (χ0) is 32.3. The van der Waals surface area contributed by atoms with Crippen LogP contribution in [0.1, 0.15) is 125 Å². The smallest absolute Gasteiger partial charge is 0.425 e. The summed E-state index contributed by atoms with van der Waals surface area (Å²) in [7, 11) is 0. The van der Waals surface area contributed by atoms with Gasteiger partial charge in [-0.2, -0.15) is 10.00 Å². The highest BCUT2D eigenvalue weighted by Gasteiger charge is 2.49. The normalized spacial score (nSPS) is 21.7. The number of fused-ring (bicyclic) bond motifs is 3. The Labute approximate surface area is 264 Å². The average molecular weight is 635 g/mol. The highest BCUT2D eigenvalue weighted by molar-refractivity contribution is 6.30. The van der Waals surface area contributed by atoms with Crippen LogP contribution in [-0.4, -0.2) is 61.1 Å². The van der Waals surface area contributed by atoms with Gasteiger partial charge in [0.2, 0.25) is 0 Å². The number of halogens is 1. The summed E-state index contributed by atoms with van der Waals surface area (Å²) in [5.74, 6) is -0.289. The third-order valence-corrected chi connectivity index (χ3v) is 7.83. The van der Waals surface area contributed by atoms with Crippen molar-refractivity contribution in [3.8, 4) is 0 Å². The number of imide groups is 1. The van der Waals surface area contributed by atoms with Gasteiger partial charge in [-0.3, -0.25) is 14.8 Å². The molecule has 2 bridgehead atoms. The first kappa shape index (κ1) is 33.9. The van der Waals surface area contributed by atoms with Crippen LogP contribution >= 0.6 is 11.6 Å². The van der Waals surface area contributed by atoms with Crippen LogP contribution in [0.5, 0.6) is 0 Å². The van der Waals surface area contributed by atoms with E-state index in [1.54, 1.807) is 52.3 Å². The third kappa shape index (κ3) is 8.59. The van der Waals surface area contributed by atoms with Crippen LogP contribution in [0.3, 0.4) is 0 Å². The van der Waals surface area contributed by atoms with Crippen molar-refractivity contribution in [2.45, 2.75) is 148 Å². The van der Waals surface area contributed by atoms with Crippen LogP contribution < -0.4 is 10.2 Å². The minimum absolute atomic E-state index is 0.0762. The molecule has 0 radical (unpaired) electrons. The van der Waals surface area contributed by atoms with Crippen molar-refractivity contribution in [3.63, 3.8) is 0 Å². The van der Waals surface area contributed by atoms with Gasteiger partial charge in [0.05, 0.1) is 11.6 Å². The molecule has 3 atom stereocenters. The lowest BCUT2D eigenvalue weighted by Gasteiger charge is -2.38. The highest BCUT2D eigenvalue weighted by Crippen LogP contribution is 2.44. The van der Waals surface area contributed by atoms with Crippen LogP contribution in [0.2, 0.25) is 5.15 Å². The molecule has 2 aliphatic rings. The Hall–Kier alpha value is -2.99. The molecule has 244 valence electrons. The summed E-state index contributed by atoms with van der Waals surface area (Å²) in [6, 6.07) is 1.45. The number of carbonyl (C=O) groups excluding carboxylic acids is 3. The van der Waals surface area contributed by atoms with Crippen molar-refractivity contribution in [1.82, 2.24) is 25.3 Å². The second-order valence-electron chi connectivity index (χ2n) is 13.9. The van der Waals surface area contributed by atoms with E-state index in [2.05, 4.69) is 22.4 Å². The van der Waals surface area contributed by atoms with E-state index < -0.39 is 29.1 Å². The fraction of sp³-hybridized carbons (Fsp3) is 0.742. The Morgan fingerprint density at radius 1 is 1.02 bits per heavy atom. The zero-order valence-corrected chi connectivity index (χ0v) is 27.8. The molecule has 4 rings (SSSR count). The van der Waals surface area contributed by atoms with Crippen LogP contribution in [0, 0.1) is 0 Å². The van der Waals surface area contributed by atoms with Crippen LogP contribution in [0.4, 0.5) is 15.4 Å². The summed E-state index contributed by atoms with van der Waals surface area (Å²) in [5.41, 5.74) is -1.95. The average Bonchev–Trinajstić information content (AvgIpc) is 3.40. The molecule has 2 aromatic rings. The summed E-state index contributed by atoms with van der Waals surface area (Å²) in [6.45, 7) is 12.4. The molecule has 12 nitrogen and oxygen atoms in total. The van der Waals surface area contributed by atoms with Gasteiger partial charge in [-0.1, -0.05) is 50.6 Å². The van der Waals surface area contributed by atoms with Crippen molar-refractivity contribution in [2.75, 3.05) is 4.90 Å². The van der Waals surface area contributed by atoms with Gasteiger partial charge in [-0.05, 0) is 60.8 Å². The highest BCUT2D eigenvalue weighted by atomic mass is 35.5. The van der Waals surface area contributed by atoms with E-state index in [1.807, 2.05) is 0 Å². The Morgan fingerprint density at radius 3 is 2.30 bits per heavy atom. The molecule has 0 aliphatic carbocycles. The van der Waals surface area contributed by atoms with E-state index >= 15 is 0 Å². The Balaban J connectivity index is 1.63. The molecule has 13 heteroatoms. The number of rotatable bonds is 10. The Kier molecular flexibility index (Phi) is 10.4. The maximum absolute atomic E-state index is 13.4. The first-order valence-electron chi connectivity index (χ1n) is 15.8. The van der Waals surface area contributed by atoms with Crippen LogP contribution in [0.15, 0.2) is 6.07 Å². The first-order valence-corrected chi connectivity index (χ1v) is 16.1. The Bertz CT molecular complexity index is 1320. The molecule has 44 heavy (non-hydrogen) atoms. The fourth-order valence-corrected chi connectivity index (χ4v) is 6.01. The number of nitrogens with one attached hydrogen (secondary N) is 1. The van der Waals surface area contributed by atoms with E-state index in [1.165, 1.54) is 19.3 Å². The van der Waals surface area contributed by atoms with Gasteiger partial charge in [-0.25, -0.2) is 9.59 Å². The second kappa shape index (κ2) is 13.6. The molecule has 0 spiro atoms. The van der Waals surface area contributed by atoms with Gasteiger partial charge < -0.3 is 14.2 Å². The number of hydrogen-bond donors (Lipinski definition) is 1. The van der Waals surface area contributed by atoms with Gasteiger partial charge in [0.15, 0.2) is 22.2 Å². The standard InChI is InChI=1S/C31H47ClN6O6/c1-8-9-10-11-12-13-14-24(39)42-31-16-15-20(33-31)17-21(19-31)38-22-18-23(32)34-35-25(22)26(36-38)37(27(40)43-29(2,3)4)28(41)44-30(5,6)7/h18,20-21,33H,8-17,19H2,1-7H3. The number of nitrogens with zero attached hydrogens (tertiary/aromatic N) is 5. The molecule has 2 fully saturated rings. The molecular formula is C31H47ClN6O6. The third-order valence-electron chi connectivity index (χ3n) is 7.64. The molecular weight excluding hydrogens is 588 g/mol. The number of anilines is 1. The zero-order valence-electron chi connectivity index (χ0n) is 27.1. The number of carbonyl (C=O) groups is 3. The number of aromatic nitrogens is 4. The molecule has 2 amide bonds. The number of unbranched alkanes of at least 4 members (excludes halogenated alkanes) is 5. The molecule has 0 aromatic carbocycles. The van der Waals surface area contributed by atoms with Crippen molar-refractivity contribution in [2.24, 2.45) is 0 Å². The SMILES string of the molecule is CCCCCCCCC(=O)OC12CCC(CC(n3nc(N(C(=O)OC(C)(C)C)C(=O)OC(C)(C)C)c4nnc(Cl)cc43)C1)N2. The maximum atomic E-state index is 13.4. The largest absolute Gasteiger partial charge is 0.444 e. The van der Waals surface area contributed by atoms with Crippen LogP contribution in [0.25, 0.3) is 11.0 Å². The number of ether oxygens (including phenoxy) is 3. The predicted molar refractivity (Wildman–Crippen MR) is 167 cm³/mol. The van der Waals surface area contributed by atoms with Gasteiger partial charge in [0.25, 0.3) is 0 Å². The summed E-state index contributed by atoms with van der Waals surface area (Å²) >= 11 is 6.28. The van der Waals surface area contributed by atoms with Gasteiger partial charge in [0.1, 0.15) is 11.2 Å². The lowest BCUT2D eigenvalue weighted by Crippen LogP contribution is -2.52. The maximum Gasteiger partial charge on any atom is 0.425 e. The van der Waals surface area contributed by atoms with Crippen LogP contribution in [-0.2, 0) is 19.0 Å². The molecule has 2 aromatic heterocycles. The second-order valence-corrected chi connectivity index (χ2v) is 14.3. The van der Waals surface area contributed by atoms with Crippen molar-refractivity contribution < 1.29 is 28.6 Å². The molecule has 1 N–H and O–H groups in total. The molecule has 3 unspecified atom stereocenters. The minimum atomic E-state index is -0.958. The van der Waals surface area contributed by atoms with Gasteiger partial charge >= 0.3 is 18.2 Å². The number of hydrogen-bond acceptors (Lipinski definition) is 10. The number of piperidine rings is 1. The number of amides is 2. The predicted octanol–water partition coefficient (Wildman–Crippen LogP) is 7.23. The van der Waals surface area contributed by atoms with E-state index in [-0.39, 0.29) is 34.5 Å². The molecule has 0 saturated carbocycles. The van der Waals surface area contributed by atoms with Gasteiger partial charge in [0, 0.05) is 31.4 Å². The summed E-state index contributed by atoms with van der Waals surface area (Å²) in [4.78, 5) is 40.6. The van der Waals surface area contributed by atoms with Crippen molar-refractivity contribution in [1.29, 1.82) is 0 Å². The van der Waals surface area contributed by atoms with E-state index in [0.717, 1.165) is 30.6 Å². The fourth-order valence-electron chi connectivity index (χ4n) is 5.87. The minimum Gasteiger partial charge on any atom is -0.444 e. The van der Waals surface area contributed by atoms with Gasteiger partial charge in [-0.15, -0.1) is 10.2 Å². The molecule has 2 saturated heterocycles. The molecule has 4 heterocycles.